The fraction of sp³-hybridized carbons (Fsp3) is 0.133. The van der Waals surface area contributed by atoms with E-state index in [1.807, 2.05) is 24.3 Å². The van der Waals surface area contributed by atoms with Crippen LogP contribution in [0.5, 0.6) is 5.75 Å². The number of phenolic OH excluding ortho intramolecular Hbond substituents is 1. The molecule has 0 bridgehead atoms. The predicted octanol–water partition coefficient (Wildman–Crippen LogP) is 3.67. The molecule has 0 aliphatic heterocycles. The normalized spacial score (nSPS) is 10.3. The fourth-order valence-corrected chi connectivity index (χ4v) is 2.05. The molecule has 0 aromatic heterocycles. The minimum atomic E-state index is -0.348. The second-order valence-electron chi connectivity index (χ2n) is 4.29. The number of hydrogen-bond acceptors (Lipinski definition) is 2. The van der Waals surface area contributed by atoms with Gasteiger partial charge in [0.2, 0.25) is 0 Å². The molecule has 0 fully saturated rings. The maximum atomic E-state index is 11.9. The quantitative estimate of drug-likeness (QED) is 0.905. The monoisotopic (exact) mass is 309 g/mol. The molecule has 2 rings (SSSR count). The highest BCUT2D eigenvalue weighted by molar-refractivity contribution is 6.31. The van der Waals surface area contributed by atoms with Crippen molar-refractivity contribution in [1.82, 2.24) is 5.32 Å². The molecule has 0 aliphatic rings. The van der Waals surface area contributed by atoms with E-state index in [-0.39, 0.29) is 17.2 Å². The minimum Gasteiger partial charge on any atom is -0.507 e. The Bertz CT molecular complexity index is 612. The Balaban J connectivity index is 1.92. The van der Waals surface area contributed by atoms with Crippen LogP contribution in [-0.2, 0) is 6.42 Å². The molecule has 0 atom stereocenters. The maximum absolute atomic E-state index is 11.9. The highest BCUT2D eigenvalue weighted by Gasteiger charge is 2.10. The van der Waals surface area contributed by atoms with Gasteiger partial charge in [0.15, 0.2) is 0 Å². The van der Waals surface area contributed by atoms with E-state index in [1.54, 1.807) is 0 Å². The van der Waals surface area contributed by atoms with E-state index in [0.717, 1.165) is 5.56 Å². The number of aromatic hydroxyl groups is 1. The zero-order valence-electron chi connectivity index (χ0n) is 10.6. The second-order valence-corrected chi connectivity index (χ2v) is 5.17. The largest absolute Gasteiger partial charge is 0.507 e. The van der Waals surface area contributed by atoms with E-state index >= 15 is 0 Å². The van der Waals surface area contributed by atoms with Crippen LogP contribution in [0.15, 0.2) is 42.5 Å². The zero-order chi connectivity index (χ0) is 14.5. The van der Waals surface area contributed by atoms with Gasteiger partial charge in [-0.25, -0.2) is 0 Å². The standard InChI is InChI=1S/C15H13Cl2NO2/c16-11-3-1-10(2-4-11)7-8-18-15(20)13-9-12(17)5-6-14(13)19/h1-6,9,19H,7-8H2,(H,18,20). The van der Waals surface area contributed by atoms with Crippen LogP contribution in [0.3, 0.4) is 0 Å². The molecule has 0 unspecified atom stereocenters. The molecule has 0 radical (unpaired) electrons. The number of carbonyl (C=O) groups is 1. The number of benzene rings is 2. The molecule has 3 nitrogen and oxygen atoms in total. The lowest BCUT2D eigenvalue weighted by molar-refractivity contribution is 0.0951. The summed E-state index contributed by atoms with van der Waals surface area (Å²) in [6, 6.07) is 11.8. The Morgan fingerprint density at radius 1 is 1.05 bits per heavy atom. The summed E-state index contributed by atoms with van der Waals surface area (Å²) >= 11 is 11.6. The molecule has 104 valence electrons. The van der Waals surface area contributed by atoms with Gasteiger partial charge in [0.05, 0.1) is 5.56 Å². The van der Waals surface area contributed by atoms with Gasteiger partial charge in [0.25, 0.3) is 5.91 Å². The van der Waals surface area contributed by atoms with E-state index < -0.39 is 0 Å². The molecule has 0 saturated carbocycles. The average molecular weight is 310 g/mol. The van der Waals surface area contributed by atoms with Crippen LogP contribution in [0, 0.1) is 0 Å². The highest BCUT2D eigenvalue weighted by atomic mass is 35.5. The van der Waals surface area contributed by atoms with Gasteiger partial charge in [-0.05, 0) is 42.3 Å². The molecule has 1 amide bonds. The van der Waals surface area contributed by atoms with Crippen molar-refractivity contribution in [2.24, 2.45) is 0 Å². The summed E-state index contributed by atoms with van der Waals surface area (Å²) in [6.45, 7) is 0.465. The second kappa shape index (κ2) is 6.64. The Labute approximate surface area is 127 Å². The summed E-state index contributed by atoms with van der Waals surface area (Å²) in [5.41, 5.74) is 1.25. The third-order valence-electron chi connectivity index (χ3n) is 2.82. The number of phenols is 1. The van der Waals surface area contributed by atoms with Crippen LogP contribution in [0.4, 0.5) is 0 Å². The number of rotatable bonds is 4. The van der Waals surface area contributed by atoms with E-state index in [0.29, 0.717) is 23.0 Å². The lowest BCUT2D eigenvalue weighted by atomic mass is 10.1. The third-order valence-corrected chi connectivity index (χ3v) is 3.30. The summed E-state index contributed by atoms with van der Waals surface area (Å²) in [7, 11) is 0. The van der Waals surface area contributed by atoms with Crippen LogP contribution < -0.4 is 5.32 Å². The fourth-order valence-electron chi connectivity index (χ4n) is 1.76. The maximum Gasteiger partial charge on any atom is 0.255 e. The van der Waals surface area contributed by atoms with Crippen molar-refractivity contribution in [1.29, 1.82) is 0 Å². The van der Waals surface area contributed by atoms with Crippen LogP contribution in [0.25, 0.3) is 0 Å². The van der Waals surface area contributed by atoms with Crippen molar-refractivity contribution >= 4 is 29.1 Å². The van der Waals surface area contributed by atoms with Crippen molar-refractivity contribution in [2.75, 3.05) is 6.54 Å². The van der Waals surface area contributed by atoms with Gasteiger partial charge < -0.3 is 10.4 Å². The molecule has 2 aromatic rings. The highest BCUT2D eigenvalue weighted by Crippen LogP contribution is 2.21. The lowest BCUT2D eigenvalue weighted by Gasteiger charge is -2.07. The van der Waals surface area contributed by atoms with Gasteiger partial charge in [-0.1, -0.05) is 35.3 Å². The van der Waals surface area contributed by atoms with Gasteiger partial charge in [-0.2, -0.15) is 0 Å². The first kappa shape index (κ1) is 14.7. The summed E-state index contributed by atoms with van der Waals surface area (Å²) in [4.78, 5) is 11.9. The van der Waals surface area contributed by atoms with Gasteiger partial charge in [0.1, 0.15) is 5.75 Å². The molecular weight excluding hydrogens is 297 g/mol. The summed E-state index contributed by atoms with van der Waals surface area (Å²) in [5.74, 6) is -0.433. The topological polar surface area (TPSA) is 49.3 Å². The molecule has 0 saturated heterocycles. The predicted molar refractivity (Wildman–Crippen MR) is 80.6 cm³/mol. The number of halogens is 2. The van der Waals surface area contributed by atoms with Crippen molar-refractivity contribution in [3.05, 3.63) is 63.6 Å². The average Bonchev–Trinajstić information content (AvgIpc) is 2.43. The minimum absolute atomic E-state index is 0.0848. The SMILES string of the molecule is O=C(NCCc1ccc(Cl)cc1)c1cc(Cl)ccc1O. The molecular formula is C15H13Cl2NO2. The molecule has 0 spiro atoms. The summed E-state index contributed by atoms with van der Waals surface area (Å²) in [6.07, 6.45) is 0.685. The Hall–Kier alpha value is -1.71. The van der Waals surface area contributed by atoms with Crippen molar-refractivity contribution in [2.45, 2.75) is 6.42 Å². The van der Waals surface area contributed by atoms with Gasteiger partial charge in [-0.3, -0.25) is 4.79 Å². The molecule has 2 aromatic carbocycles. The van der Waals surface area contributed by atoms with Crippen LogP contribution in [0.1, 0.15) is 15.9 Å². The molecule has 20 heavy (non-hydrogen) atoms. The smallest absolute Gasteiger partial charge is 0.255 e. The van der Waals surface area contributed by atoms with Crippen LogP contribution in [-0.4, -0.2) is 17.6 Å². The number of nitrogens with one attached hydrogen (secondary N) is 1. The third kappa shape index (κ3) is 3.89. The Morgan fingerprint density at radius 2 is 1.70 bits per heavy atom. The zero-order valence-corrected chi connectivity index (χ0v) is 12.1. The summed E-state index contributed by atoms with van der Waals surface area (Å²) < 4.78 is 0. The number of hydrogen-bond donors (Lipinski definition) is 2. The number of amides is 1. The van der Waals surface area contributed by atoms with Gasteiger partial charge in [0, 0.05) is 16.6 Å². The van der Waals surface area contributed by atoms with Gasteiger partial charge >= 0.3 is 0 Å². The molecule has 0 aliphatic carbocycles. The van der Waals surface area contributed by atoms with E-state index in [2.05, 4.69) is 5.32 Å². The van der Waals surface area contributed by atoms with Crippen molar-refractivity contribution in [3.63, 3.8) is 0 Å². The van der Waals surface area contributed by atoms with Crippen molar-refractivity contribution < 1.29 is 9.90 Å². The first-order valence-electron chi connectivity index (χ1n) is 6.07. The van der Waals surface area contributed by atoms with Crippen LogP contribution >= 0.6 is 23.2 Å². The van der Waals surface area contributed by atoms with E-state index in [1.165, 1.54) is 18.2 Å². The Morgan fingerprint density at radius 3 is 2.40 bits per heavy atom. The van der Waals surface area contributed by atoms with E-state index in [4.69, 9.17) is 23.2 Å². The van der Waals surface area contributed by atoms with Crippen LogP contribution in [0.2, 0.25) is 10.0 Å². The Kier molecular flexibility index (Phi) is 4.88. The molecule has 5 heteroatoms. The van der Waals surface area contributed by atoms with Gasteiger partial charge in [-0.15, -0.1) is 0 Å². The molecule has 0 heterocycles. The lowest BCUT2D eigenvalue weighted by Crippen LogP contribution is -2.25. The summed E-state index contributed by atoms with van der Waals surface area (Å²) in [5, 5.41) is 13.4. The van der Waals surface area contributed by atoms with Crippen molar-refractivity contribution in [3.8, 4) is 5.75 Å². The first-order chi connectivity index (χ1) is 9.56. The van der Waals surface area contributed by atoms with E-state index in [9.17, 15) is 9.90 Å². The number of carbonyl (C=O) groups excluding carboxylic acids is 1. The first-order valence-corrected chi connectivity index (χ1v) is 6.83. The molecule has 2 N–H and O–H groups in total.